The van der Waals surface area contributed by atoms with Crippen LogP contribution < -0.4 is 0 Å². The van der Waals surface area contributed by atoms with Crippen LogP contribution in [0.1, 0.15) is 322 Å². The Labute approximate surface area is 426 Å². The van der Waals surface area contributed by atoms with Crippen LogP contribution in [0.15, 0.2) is 54.7 Å². The van der Waals surface area contributed by atoms with Crippen molar-refractivity contribution in [3.8, 4) is 0 Å². The zero-order valence-electron chi connectivity index (χ0n) is 45.5. The molecule has 0 atom stereocenters. The molecule has 1 aromatic carbocycles. The molecular weight excluding hydrogens is 853 g/mol. The summed E-state index contributed by atoms with van der Waals surface area (Å²) in [5.74, 6) is -1.87. The molecule has 0 aliphatic carbocycles. The van der Waals surface area contributed by atoms with Gasteiger partial charge in [0.2, 0.25) is 0 Å². The fourth-order valence-corrected chi connectivity index (χ4v) is 8.88. The molecule has 0 aromatic heterocycles. The van der Waals surface area contributed by atoms with Crippen molar-refractivity contribution in [3.05, 3.63) is 71.3 Å². The number of esters is 3. The van der Waals surface area contributed by atoms with Gasteiger partial charge in [0.1, 0.15) is 0 Å². The van der Waals surface area contributed by atoms with Crippen molar-refractivity contribution < 1.29 is 28.6 Å². The number of unbranched alkanes of at least 4 members (excludes halogenated alkanes) is 36. The Bertz CT molecular complexity index is 1340. The maximum Gasteiger partial charge on any atom is 0.339 e. The van der Waals surface area contributed by atoms with E-state index in [-0.39, 0.29) is 36.5 Å². The third kappa shape index (κ3) is 40.2. The predicted molar refractivity (Wildman–Crippen MR) is 296 cm³/mol. The van der Waals surface area contributed by atoms with E-state index >= 15 is 0 Å². The van der Waals surface area contributed by atoms with Gasteiger partial charge in [-0.15, -0.1) is 0 Å². The third-order valence-corrected chi connectivity index (χ3v) is 13.4. The normalized spacial score (nSPS) is 11.7. The van der Waals surface area contributed by atoms with E-state index in [0.717, 1.165) is 83.5 Å². The smallest absolute Gasteiger partial charge is 0.339 e. The summed E-state index contributed by atoms with van der Waals surface area (Å²) in [4.78, 5) is 40.6. The SMILES string of the molecule is CCCCCCCC/C=C\CCCCCCCCOC(=O)c1cccc(C(=O)OCCCCCCCC/C=C\CCCCCCCC)c1C(=O)OCCCCCCCC/C=C\CCCCCCCC. The highest BCUT2D eigenvalue weighted by Crippen LogP contribution is 2.21. The van der Waals surface area contributed by atoms with Gasteiger partial charge in [0.15, 0.2) is 0 Å². The van der Waals surface area contributed by atoms with Crippen LogP contribution in [0.25, 0.3) is 0 Å². The summed E-state index contributed by atoms with van der Waals surface area (Å²) >= 11 is 0. The van der Waals surface area contributed by atoms with Crippen LogP contribution in [-0.2, 0) is 14.2 Å². The molecule has 0 aliphatic heterocycles. The van der Waals surface area contributed by atoms with Crippen LogP contribution in [0.2, 0.25) is 0 Å². The van der Waals surface area contributed by atoms with Crippen LogP contribution in [0.5, 0.6) is 0 Å². The van der Waals surface area contributed by atoms with Crippen LogP contribution in [0, 0.1) is 0 Å². The Kier molecular flexibility index (Phi) is 47.4. The second kappa shape index (κ2) is 51.2. The van der Waals surface area contributed by atoms with Gasteiger partial charge in [0, 0.05) is 0 Å². The molecule has 0 N–H and O–H groups in total. The highest BCUT2D eigenvalue weighted by molar-refractivity contribution is 6.10. The second-order valence-electron chi connectivity index (χ2n) is 19.9. The van der Waals surface area contributed by atoms with Gasteiger partial charge in [-0.2, -0.15) is 0 Å². The van der Waals surface area contributed by atoms with Crippen LogP contribution in [-0.4, -0.2) is 37.7 Å². The number of ether oxygens (including phenoxy) is 3. The maximum atomic E-state index is 13.7. The molecule has 0 fully saturated rings. The van der Waals surface area contributed by atoms with Crippen LogP contribution >= 0.6 is 0 Å². The Hall–Kier alpha value is -3.15. The van der Waals surface area contributed by atoms with Crippen molar-refractivity contribution in [1.29, 1.82) is 0 Å². The van der Waals surface area contributed by atoms with E-state index in [2.05, 4.69) is 57.2 Å². The van der Waals surface area contributed by atoms with Crippen molar-refractivity contribution >= 4 is 17.9 Å². The Morgan fingerprint density at radius 1 is 0.304 bits per heavy atom. The number of rotatable bonds is 51. The molecule has 1 rings (SSSR count). The van der Waals surface area contributed by atoms with Crippen LogP contribution in [0.4, 0.5) is 0 Å². The van der Waals surface area contributed by atoms with Gasteiger partial charge in [0.05, 0.1) is 36.5 Å². The fourth-order valence-electron chi connectivity index (χ4n) is 8.88. The predicted octanol–water partition coefficient (Wildman–Crippen LogP) is 20.3. The number of benzene rings is 1. The van der Waals surface area contributed by atoms with Crippen molar-refractivity contribution in [1.82, 2.24) is 0 Å². The molecular formula is C63H108O6. The number of hydrogen-bond donors (Lipinski definition) is 0. The van der Waals surface area contributed by atoms with Gasteiger partial charge < -0.3 is 14.2 Å². The minimum absolute atomic E-state index is 0.0425. The third-order valence-electron chi connectivity index (χ3n) is 13.4. The molecule has 6 nitrogen and oxygen atoms in total. The largest absolute Gasteiger partial charge is 0.462 e. The topological polar surface area (TPSA) is 78.9 Å². The maximum absolute atomic E-state index is 13.7. The van der Waals surface area contributed by atoms with Crippen LogP contribution in [0.3, 0.4) is 0 Å². The van der Waals surface area contributed by atoms with Gasteiger partial charge in [-0.3, -0.25) is 0 Å². The number of carbonyl (C=O) groups is 3. The molecule has 396 valence electrons. The monoisotopic (exact) mass is 961 g/mol. The first-order valence-corrected chi connectivity index (χ1v) is 29.7. The Morgan fingerprint density at radius 2 is 0.522 bits per heavy atom. The molecule has 0 amide bonds. The average molecular weight is 962 g/mol. The highest BCUT2D eigenvalue weighted by Gasteiger charge is 2.27. The standard InChI is InChI=1S/C63H108O6/c1-4-7-10-13-16-19-22-25-28-31-34-37-40-43-46-49-55-67-61(64)58-53-52-54-59(62(65)68-56-50-47-44-41-38-35-32-29-26-23-20-17-14-11-8-5-2)60(58)63(66)69-57-51-48-45-42-39-36-33-30-27-24-21-18-15-12-9-6-3/h25-30,52-54H,4-24,31-51,55-57H2,1-3H3/b28-25-,29-26-,30-27-. The fraction of sp³-hybridized carbons (Fsp3) is 0.762. The molecule has 0 radical (unpaired) electrons. The minimum atomic E-state index is -0.670. The summed E-state index contributed by atoms with van der Waals surface area (Å²) < 4.78 is 17.1. The molecule has 0 spiro atoms. The molecule has 69 heavy (non-hydrogen) atoms. The van der Waals surface area contributed by atoms with E-state index in [1.165, 1.54) is 186 Å². The number of carbonyl (C=O) groups excluding carboxylic acids is 3. The molecule has 6 heteroatoms. The highest BCUT2D eigenvalue weighted by atomic mass is 16.5. The van der Waals surface area contributed by atoms with Gasteiger partial charge in [-0.05, 0) is 108 Å². The molecule has 0 unspecified atom stereocenters. The number of hydrogen-bond acceptors (Lipinski definition) is 6. The van der Waals surface area contributed by atoms with Crippen molar-refractivity contribution in [2.24, 2.45) is 0 Å². The van der Waals surface area contributed by atoms with E-state index in [4.69, 9.17) is 14.2 Å². The summed E-state index contributed by atoms with van der Waals surface area (Å²) in [6.45, 7) is 7.58. The lowest BCUT2D eigenvalue weighted by molar-refractivity contribution is 0.0430. The van der Waals surface area contributed by atoms with Crippen molar-refractivity contribution in [2.45, 2.75) is 290 Å². The minimum Gasteiger partial charge on any atom is -0.462 e. The van der Waals surface area contributed by atoms with E-state index in [1.807, 2.05) is 0 Å². The molecule has 0 aliphatic rings. The second-order valence-corrected chi connectivity index (χ2v) is 19.9. The molecule has 0 saturated carbocycles. The van der Waals surface area contributed by atoms with E-state index < -0.39 is 17.9 Å². The molecule has 0 bridgehead atoms. The van der Waals surface area contributed by atoms with Gasteiger partial charge >= 0.3 is 17.9 Å². The molecule has 0 heterocycles. The van der Waals surface area contributed by atoms with Crippen molar-refractivity contribution in [3.63, 3.8) is 0 Å². The Balaban J connectivity index is 2.52. The van der Waals surface area contributed by atoms with Crippen molar-refractivity contribution in [2.75, 3.05) is 19.8 Å². The quantitative estimate of drug-likeness (QED) is 0.0280. The van der Waals surface area contributed by atoms with E-state index in [1.54, 1.807) is 18.2 Å². The summed E-state index contributed by atoms with van der Waals surface area (Å²) in [5.41, 5.74) is 0.0913. The summed E-state index contributed by atoms with van der Waals surface area (Å²) in [6, 6.07) is 4.75. The van der Waals surface area contributed by atoms with Gasteiger partial charge in [-0.1, -0.05) is 237 Å². The summed E-state index contributed by atoms with van der Waals surface area (Å²) in [5, 5.41) is 0. The van der Waals surface area contributed by atoms with Gasteiger partial charge in [-0.25, -0.2) is 14.4 Å². The first kappa shape index (κ1) is 63.9. The first-order chi connectivity index (χ1) is 34.1. The lowest BCUT2D eigenvalue weighted by Gasteiger charge is -2.14. The van der Waals surface area contributed by atoms with E-state index in [0.29, 0.717) is 0 Å². The van der Waals surface area contributed by atoms with E-state index in [9.17, 15) is 14.4 Å². The summed E-state index contributed by atoms with van der Waals surface area (Å²) in [6.07, 6.45) is 64.7. The van der Waals surface area contributed by atoms with Gasteiger partial charge in [0.25, 0.3) is 0 Å². The first-order valence-electron chi connectivity index (χ1n) is 29.7. The zero-order chi connectivity index (χ0) is 49.8. The zero-order valence-corrected chi connectivity index (χ0v) is 45.5. The summed E-state index contributed by atoms with van der Waals surface area (Å²) in [7, 11) is 0. The molecule has 0 saturated heterocycles. The number of allylic oxidation sites excluding steroid dienone is 6. The molecule has 1 aromatic rings. The average Bonchev–Trinajstić information content (AvgIpc) is 3.36. The lowest BCUT2D eigenvalue weighted by atomic mass is 10.0. The lowest BCUT2D eigenvalue weighted by Crippen LogP contribution is -2.20. The Morgan fingerprint density at radius 3 is 0.783 bits per heavy atom.